The standard InChI is InChI=1S/C28H45F3N4O3SSi/c1-19(2)18-35(14-10-9-11-15-38-40(7,8)27(4,5)6)23-13-12-21(20(3)16-24(36)37)17-22(23)32-26-33-25(34-39-26)28(29,30)31/h12-13,17,19-20H,9-11,14-16,18H2,1-8H3,(H,36,37)(H,32,33,34). The van der Waals surface area contributed by atoms with Crippen molar-refractivity contribution >= 4 is 42.3 Å². The van der Waals surface area contributed by atoms with Gasteiger partial charge in [-0.15, -0.1) is 0 Å². The van der Waals surface area contributed by atoms with Crippen molar-refractivity contribution in [2.24, 2.45) is 5.92 Å². The molecule has 0 bridgehead atoms. The van der Waals surface area contributed by atoms with E-state index in [-0.39, 0.29) is 22.5 Å². The van der Waals surface area contributed by atoms with Crippen molar-refractivity contribution in [1.29, 1.82) is 0 Å². The van der Waals surface area contributed by atoms with Crippen molar-refractivity contribution in [3.8, 4) is 0 Å². The van der Waals surface area contributed by atoms with Crippen LogP contribution in [0.4, 0.5) is 29.7 Å². The Labute approximate surface area is 241 Å². The van der Waals surface area contributed by atoms with Crippen molar-refractivity contribution in [1.82, 2.24) is 9.36 Å². The van der Waals surface area contributed by atoms with Crippen LogP contribution in [0.1, 0.15) is 84.5 Å². The zero-order chi connectivity index (χ0) is 30.3. The molecule has 1 heterocycles. The van der Waals surface area contributed by atoms with Crippen molar-refractivity contribution < 1.29 is 27.5 Å². The van der Waals surface area contributed by atoms with Gasteiger partial charge in [0.1, 0.15) is 0 Å². The number of aromatic nitrogens is 2. The highest BCUT2D eigenvalue weighted by Gasteiger charge is 2.37. The number of alkyl halides is 3. The Balaban J connectivity index is 2.24. The van der Waals surface area contributed by atoms with E-state index in [0.29, 0.717) is 23.1 Å². The molecule has 0 aliphatic rings. The second-order valence-electron chi connectivity index (χ2n) is 12.3. The molecule has 1 atom stereocenters. The predicted octanol–water partition coefficient (Wildman–Crippen LogP) is 8.53. The Bertz CT molecular complexity index is 1100. The van der Waals surface area contributed by atoms with E-state index in [1.54, 1.807) is 0 Å². The molecule has 7 nitrogen and oxygen atoms in total. The van der Waals surface area contributed by atoms with Gasteiger partial charge in [0, 0.05) is 31.2 Å². The van der Waals surface area contributed by atoms with Gasteiger partial charge in [-0.05, 0) is 66.9 Å². The normalized spacial score (nSPS) is 13.5. The highest BCUT2D eigenvalue weighted by Crippen LogP contribution is 2.37. The molecule has 226 valence electrons. The third-order valence-electron chi connectivity index (χ3n) is 7.26. The van der Waals surface area contributed by atoms with Crippen LogP contribution in [0, 0.1) is 5.92 Å². The predicted molar refractivity (Wildman–Crippen MR) is 159 cm³/mol. The lowest BCUT2D eigenvalue weighted by molar-refractivity contribution is -0.144. The van der Waals surface area contributed by atoms with E-state index < -0.39 is 26.3 Å². The molecule has 0 aliphatic heterocycles. The number of benzene rings is 1. The minimum absolute atomic E-state index is 0.0314. The zero-order valence-corrected chi connectivity index (χ0v) is 26.8. The van der Waals surface area contributed by atoms with Gasteiger partial charge < -0.3 is 19.7 Å². The van der Waals surface area contributed by atoms with Gasteiger partial charge in [-0.3, -0.25) is 4.79 Å². The van der Waals surface area contributed by atoms with Crippen LogP contribution in [0.5, 0.6) is 0 Å². The number of carbonyl (C=O) groups is 1. The van der Waals surface area contributed by atoms with Gasteiger partial charge in [0.05, 0.1) is 17.8 Å². The van der Waals surface area contributed by atoms with Crippen LogP contribution < -0.4 is 10.2 Å². The van der Waals surface area contributed by atoms with Crippen molar-refractivity contribution in [2.45, 2.75) is 97.5 Å². The molecule has 0 amide bonds. The Morgan fingerprint density at radius 3 is 2.38 bits per heavy atom. The van der Waals surface area contributed by atoms with Crippen molar-refractivity contribution in [3.63, 3.8) is 0 Å². The van der Waals surface area contributed by atoms with E-state index >= 15 is 0 Å². The molecule has 2 N–H and O–H groups in total. The average Bonchev–Trinajstić information content (AvgIpc) is 3.28. The molecule has 1 aromatic carbocycles. The zero-order valence-electron chi connectivity index (χ0n) is 25.0. The summed E-state index contributed by atoms with van der Waals surface area (Å²) < 4.78 is 49.1. The van der Waals surface area contributed by atoms with Gasteiger partial charge in [-0.1, -0.05) is 47.6 Å². The largest absolute Gasteiger partial charge is 0.481 e. The maximum Gasteiger partial charge on any atom is 0.452 e. The molecule has 0 fully saturated rings. The molecular weight excluding hydrogens is 557 g/mol. The summed E-state index contributed by atoms with van der Waals surface area (Å²) in [7, 11) is -1.78. The number of carboxylic acid groups (broad SMARTS) is 1. The molecule has 2 aromatic rings. The summed E-state index contributed by atoms with van der Waals surface area (Å²) in [5.41, 5.74) is 2.20. The van der Waals surface area contributed by atoms with Crippen LogP contribution in [0.2, 0.25) is 18.1 Å². The van der Waals surface area contributed by atoms with Gasteiger partial charge in [0.25, 0.3) is 0 Å². The average molecular weight is 603 g/mol. The Hall–Kier alpha value is -2.18. The first kappa shape index (κ1) is 34.0. The third kappa shape index (κ3) is 10.3. The number of aliphatic carboxylic acids is 1. The molecule has 0 saturated heterocycles. The molecule has 12 heteroatoms. The molecule has 1 unspecified atom stereocenters. The quantitative estimate of drug-likeness (QED) is 0.156. The Morgan fingerprint density at radius 1 is 1.15 bits per heavy atom. The van der Waals surface area contributed by atoms with E-state index in [9.17, 15) is 23.1 Å². The second-order valence-corrected chi connectivity index (χ2v) is 17.9. The van der Waals surface area contributed by atoms with E-state index in [4.69, 9.17) is 4.43 Å². The second kappa shape index (κ2) is 14.1. The first-order valence-corrected chi connectivity index (χ1v) is 17.5. The number of nitrogens with one attached hydrogen (secondary N) is 1. The number of carboxylic acids is 1. The molecule has 40 heavy (non-hydrogen) atoms. The number of anilines is 3. The number of unbranched alkanes of at least 4 members (excludes halogenated alkanes) is 2. The fraction of sp³-hybridized carbons (Fsp3) is 0.679. The highest BCUT2D eigenvalue weighted by molar-refractivity contribution is 7.09. The first-order chi connectivity index (χ1) is 18.4. The van der Waals surface area contributed by atoms with E-state index in [2.05, 4.69) is 67.3 Å². The lowest BCUT2D eigenvalue weighted by Gasteiger charge is -2.36. The Kier molecular flexibility index (Phi) is 12.0. The van der Waals surface area contributed by atoms with Crippen molar-refractivity contribution in [2.75, 3.05) is 29.9 Å². The van der Waals surface area contributed by atoms with Crippen LogP contribution in [0.25, 0.3) is 0 Å². The number of rotatable bonds is 15. The van der Waals surface area contributed by atoms with Gasteiger partial charge in [0.2, 0.25) is 11.0 Å². The number of halogens is 3. The van der Waals surface area contributed by atoms with Crippen LogP contribution >= 0.6 is 11.5 Å². The van der Waals surface area contributed by atoms with Gasteiger partial charge in [-0.2, -0.15) is 22.5 Å². The van der Waals surface area contributed by atoms with Crippen LogP contribution in [-0.4, -0.2) is 48.4 Å². The van der Waals surface area contributed by atoms with Crippen LogP contribution in [-0.2, 0) is 15.4 Å². The topological polar surface area (TPSA) is 87.6 Å². The summed E-state index contributed by atoms with van der Waals surface area (Å²) in [4.78, 5) is 17.2. The fourth-order valence-corrected chi connectivity index (χ4v) is 5.68. The third-order valence-corrected chi connectivity index (χ3v) is 12.4. The van der Waals surface area contributed by atoms with Gasteiger partial charge >= 0.3 is 12.1 Å². The number of hydrogen-bond donors (Lipinski definition) is 2. The van der Waals surface area contributed by atoms with Gasteiger partial charge in [-0.25, -0.2) is 0 Å². The lowest BCUT2D eigenvalue weighted by Crippen LogP contribution is -2.40. The monoisotopic (exact) mass is 602 g/mol. The minimum atomic E-state index is -4.63. The number of nitrogens with zero attached hydrogens (tertiary/aromatic N) is 3. The summed E-state index contributed by atoms with van der Waals surface area (Å²) >= 11 is 0.645. The fourth-order valence-electron chi connectivity index (χ4n) is 4.00. The summed E-state index contributed by atoms with van der Waals surface area (Å²) in [6.07, 6.45) is -1.80. The molecule has 1 aromatic heterocycles. The molecular formula is C28H45F3N4O3SSi. The van der Waals surface area contributed by atoms with E-state index in [1.807, 2.05) is 25.1 Å². The molecule has 0 radical (unpaired) electrons. The first-order valence-electron chi connectivity index (χ1n) is 13.8. The van der Waals surface area contributed by atoms with Crippen LogP contribution in [0.3, 0.4) is 0 Å². The van der Waals surface area contributed by atoms with Gasteiger partial charge in [0.15, 0.2) is 8.32 Å². The molecule has 0 saturated carbocycles. The lowest BCUT2D eigenvalue weighted by atomic mass is 9.96. The molecule has 0 spiro atoms. The smallest absolute Gasteiger partial charge is 0.452 e. The molecule has 2 rings (SSSR count). The minimum Gasteiger partial charge on any atom is -0.481 e. The Morgan fingerprint density at radius 2 is 1.82 bits per heavy atom. The van der Waals surface area contributed by atoms with Crippen LogP contribution in [0.15, 0.2) is 18.2 Å². The maximum atomic E-state index is 13.1. The summed E-state index contributed by atoms with van der Waals surface area (Å²) in [6, 6.07) is 5.64. The van der Waals surface area contributed by atoms with Crippen molar-refractivity contribution in [3.05, 3.63) is 29.6 Å². The highest BCUT2D eigenvalue weighted by atomic mass is 32.1. The maximum absolute atomic E-state index is 13.1. The van der Waals surface area contributed by atoms with E-state index in [0.717, 1.165) is 50.2 Å². The summed E-state index contributed by atoms with van der Waals surface area (Å²) in [5, 5.41) is 12.5. The summed E-state index contributed by atoms with van der Waals surface area (Å²) in [6.45, 7) is 19.5. The summed E-state index contributed by atoms with van der Waals surface area (Å²) in [5.74, 6) is -2.02. The number of hydrogen-bond acceptors (Lipinski definition) is 7. The SMILES string of the molecule is CC(C)CN(CCCCCO[Si](C)(C)C(C)(C)C)c1ccc(C(C)CC(=O)O)cc1Nc1nc(C(F)(F)F)ns1. The van der Waals surface area contributed by atoms with E-state index in [1.165, 1.54) is 0 Å². The molecule has 0 aliphatic carbocycles.